The van der Waals surface area contributed by atoms with E-state index in [1.54, 1.807) is 11.8 Å². The highest BCUT2D eigenvalue weighted by Crippen LogP contribution is 2.32. The topological polar surface area (TPSA) is 0 Å². The van der Waals surface area contributed by atoms with E-state index in [1.807, 2.05) is 6.08 Å². The van der Waals surface area contributed by atoms with Gasteiger partial charge in [-0.2, -0.15) is 0 Å². The van der Waals surface area contributed by atoms with Gasteiger partial charge in [-0.3, -0.25) is 0 Å². The monoisotopic (exact) mass is 272 g/mol. The number of hydrogen-bond donors (Lipinski definition) is 0. The predicted octanol–water partition coefficient (Wildman–Crippen LogP) is 6.08. The molecule has 0 unspecified atom stereocenters. The average molecular weight is 272 g/mol. The van der Waals surface area contributed by atoms with Gasteiger partial charge in [0.2, 0.25) is 0 Å². The van der Waals surface area contributed by atoms with E-state index in [0.717, 1.165) is 30.6 Å². The summed E-state index contributed by atoms with van der Waals surface area (Å²) in [7, 11) is 0. The molecule has 1 heteroatoms. The van der Waals surface area contributed by atoms with Gasteiger partial charge in [0.15, 0.2) is 0 Å². The Labute approximate surface area is 122 Å². The van der Waals surface area contributed by atoms with Crippen molar-refractivity contribution in [1.29, 1.82) is 0 Å². The summed E-state index contributed by atoms with van der Waals surface area (Å²) in [4.78, 5) is 2.46. The molecule has 0 aliphatic carbocycles. The van der Waals surface area contributed by atoms with Gasteiger partial charge in [-0.15, -0.1) is 6.58 Å². The number of rotatable bonds is 8. The first-order chi connectivity index (χ1) is 9.08. The zero-order chi connectivity index (χ0) is 14.3. The summed E-state index contributed by atoms with van der Waals surface area (Å²) >= 11 is 1.76. The molecule has 0 saturated carbocycles. The first-order valence-electron chi connectivity index (χ1n) is 6.80. The fraction of sp³-hybridized carbons (Fsp3) is 0.333. The third kappa shape index (κ3) is 5.12. The van der Waals surface area contributed by atoms with Crippen LogP contribution in [0.15, 0.2) is 59.4 Å². The lowest BCUT2D eigenvalue weighted by molar-refractivity contribution is 0.880. The molecule has 0 nitrogen and oxygen atoms in total. The largest absolute Gasteiger partial charge is 0.103 e. The van der Waals surface area contributed by atoms with Gasteiger partial charge < -0.3 is 0 Å². The molecule has 0 fully saturated rings. The van der Waals surface area contributed by atoms with Crippen molar-refractivity contribution in [3.05, 3.63) is 65.6 Å². The highest BCUT2D eigenvalue weighted by molar-refractivity contribution is 8.03. The van der Waals surface area contributed by atoms with Gasteiger partial charge in [0.1, 0.15) is 0 Å². The number of hydrogen-bond acceptors (Lipinski definition) is 1. The van der Waals surface area contributed by atoms with E-state index in [0.29, 0.717) is 0 Å². The number of thioether (sulfide) groups is 1. The van der Waals surface area contributed by atoms with Crippen LogP contribution in [0.2, 0.25) is 0 Å². The lowest BCUT2D eigenvalue weighted by Gasteiger charge is -2.12. The van der Waals surface area contributed by atoms with Crippen LogP contribution in [0.1, 0.15) is 37.3 Å². The first-order valence-corrected chi connectivity index (χ1v) is 7.61. The van der Waals surface area contributed by atoms with Crippen LogP contribution < -0.4 is 0 Å². The number of allylic oxidation sites excluding steroid dienone is 3. The molecule has 1 aromatic carbocycles. The molecule has 1 rings (SSSR count). The molecule has 0 aliphatic heterocycles. The minimum atomic E-state index is 0.862. The fourth-order valence-electron chi connectivity index (χ4n) is 1.89. The number of benzene rings is 1. The summed E-state index contributed by atoms with van der Waals surface area (Å²) in [5.74, 6) is 0. The van der Waals surface area contributed by atoms with Crippen LogP contribution in [0.3, 0.4) is 0 Å². The van der Waals surface area contributed by atoms with Gasteiger partial charge in [0.05, 0.1) is 0 Å². The predicted molar refractivity (Wildman–Crippen MR) is 88.7 cm³/mol. The Morgan fingerprint density at radius 3 is 2.68 bits per heavy atom. The zero-order valence-electron chi connectivity index (χ0n) is 12.2. The van der Waals surface area contributed by atoms with Crippen molar-refractivity contribution in [2.24, 2.45) is 0 Å². The van der Waals surface area contributed by atoms with E-state index in [-0.39, 0.29) is 0 Å². The van der Waals surface area contributed by atoms with Crippen molar-refractivity contribution in [2.45, 2.75) is 44.4 Å². The second kappa shape index (κ2) is 8.06. The summed E-state index contributed by atoms with van der Waals surface area (Å²) in [5.41, 5.74) is 4.13. The smallest absolute Gasteiger partial charge is 0.0150 e. The molecule has 0 saturated heterocycles. The van der Waals surface area contributed by atoms with Crippen LogP contribution in [0, 0.1) is 6.92 Å². The van der Waals surface area contributed by atoms with Crippen LogP contribution in [0.5, 0.6) is 0 Å². The van der Waals surface area contributed by atoms with Crippen molar-refractivity contribution >= 4 is 11.8 Å². The van der Waals surface area contributed by atoms with Gasteiger partial charge in [-0.05, 0) is 54.7 Å². The highest BCUT2D eigenvalue weighted by Gasteiger charge is 2.06. The van der Waals surface area contributed by atoms with E-state index in [9.17, 15) is 0 Å². The zero-order valence-corrected chi connectivity index (χ0v) is 13.0. The number of aryl methyl sites for hydroxylation is 1. The van der Waals surface area contributed by atoms with Crippen molar-refractivity contribution in [1.82, 2.24) is 0 Å². The minimum Gasteiger partial charge on any atom is -0.103 e. The lowest BCUT2D eigenvalue weighted by Crippen LogP contribution is -1.93. The Balaban J connectivity index is 2.77. The third-order valence-electron chi connectivity index (χ3n) is 3.27. The molecular weight excluding hydrogens is 248 g/mol. The Bertz CT molecular complexity index is 469. The Morgan fingerprint density at radius 2 is 2.05 bits per heavy atom. The molecule has 19 heavy (non-hydrogen) atoms. The van der Waals surface area contributed by atoms with E-state index >= 15 is 0 Å². The van der Waals surface area contributed by atoms with Crippen molar-refractivity contribution in [2.75, 3.05) is 0 Å². The molecule has 0 atom stereocenters. The van der Waals surface area contributed by atoms with Gasteiger partial charge in [0, 0.05) is 4.90 Å². The molecule has 0 spiro atoms. The molecule has 102 valence electrons. The lowest BCUT2D eigenvalue weighted by atomic mass is 10.0. The summed E-state index contributed by atoms with van der Waals surface area (Å²) < 4.78 is 0. The third-order valence-corrected chi connectivity index (χ3v) is 4.39. The van der Waals surface area contributed by atoms with Gasteiger partial charge in [-0.1, -0.05) is 55.6 Å². The van der Waals surface area contributed by atoms with Gasteiger partial charge in [0.25, 0.3) is 0 Å². The van der Waals surface area contributed by atoms with E-state index < -0.39 is 0 Å². The summed E-state index contributed by atoms with van der Waals surface area (Å²) in [6.45, 7) is 16.3. The molecule has 0 bridgehead atoms. The second-order valence-corrected chi connectivity index (χ2v) is 6.00. The van der Waals surface area contributed by atoms with Crippen molar-refractivity contribution < 1.29 is 0 Å². The molecular formula is C18H24S. The average Bonchev–Trinajstić information content (AvgIpc) is 2.39. The fourth-order valence-corrected chi connectivity index (χ4v) is 2.83. The van der Waals surface area contributed by atoms with E-state index in [1.165, 1.54) is 21.6 Å². The van der Waals surface area contributed by atoms with Crippen LogP contribution in [-0.2, 0) is 6.42 Å². The molecule has 0 aliphatic rings. The highest BCUT2D eigenvalue weighted by atomic mass is 32.2. The van der Waals surface area contributed by atoms with E-state index in [2.05, 4.69) is 51.8 Å². The van der Waals surface area contributed by atoms with Crippen LogP contribution in [0.25, 0.3) is 0 Å². The minimum absolute atomic E-state index is 0.862. The van der Waals surface area contributed by atoms with Crippen LogP contribution in [0.4, 0.5) is 0 Å². The maximum Gasteiger partial charge on any atom is 0.0150 e. The van der Waals surface area contributed by atoms with Crippen molar-refractivity contribution in [3.63, 3.8) is 0 Å². The summed E-state index contributed by atoms with van der Waals surface area (Å²) in [5, 5.41) is 0. The summed E-state index contributed by atoms with van der Waals surface area (Å²) in [6.07, 6.45) is 6.00. The Hall–Kier alpha value is -1.21. The summed E-state index contributed by atoms with van der Waals surface area (Å²) in [6, 6.07) is 6.53. The molecule has 0 heterocycles. The maximum absolute atomic E-state index is 4.08. The molecule has 0 amide bonds. The molecule has 0 aromatic heterocycles. The molecule has 0 radical (unpaired) electrons. The van der Waals surface area contributed by atoms with Gasteiger partial charge in [-0.25, -0.2) is 0 Å². The SMILES string of the molecule is C=CCC(=C)Sc1cccc(CCC(=C)CC)c1C. The Kier molecular flexibility index (Phi) is 6.72. The standard InChI is InChI=1S/C18H24S/c1-6-9-15(4)19-18-11-8-10-17(16(18)5)13-12-14(3)7-2/h6,8,10-11H,1,3-4,7,9,12-13H2,2,5H3. The van der Waals surface area contributed by atoms with Crippen LogP contribution >= 0.6 is 11.8 Å². The van der Waals surface area contributed by atoms with Gasteiger partial charge >= 0.3 is 0 Å². The second-order valence-electron chi connectivity index (χ2n) is 4.78. The maximum atomic E-state index is 4.08. The van der Waals surface area contributed by atoms with E-state index in [4.69, 9.17) is 0 Å². The molecule has 0 N–H and O–H groups in total. The Morgan fingerprint density at radius 1 is 1.32 bits per heavy atom. The normalized spacial score (nSPS) is 10.2. The van der Waals surface area contributed by atoms with Crippen LogP contribution in [-0.4, -0.2) is 0 Å². The first kappa shape index (κ1) is 15.8. The quantitative estimate of drug-likeness (QED) is 0.408. The van der Waals surface area contributed by atoms with Crippen molar-refractivity contribution in [3.8, 4) is 0 Å². The molecule has 1 aromatic rings.